The summed E-state index contributed by atoms with van der Waals surface area (Å²) in [6.07, 6.45) is -2.24. The summed E-state index contributed by atoms with van der Waals surface area (Å²) in [7, 11) is 0. The van der Waals surface area contributed by atoms with Gasteiger partial charge in [-0.3, -0.25) is 9.82 Å². The number of alkyl halides is 3. The van der Waals surface area contributed by atoms with E-state index in [0.717, 1.165) is 0 Å². The second-order valence-corrected chi connectivity index (χ2v) is 6.66. The van der Waals surface area contributed by atoms with Crippen molar-refractivity contribution < 1.29 is 37.4 Å². The molecule has 0 unspecified atom stereocenters. The first-order valence-corrected chi connectivity index (χ1v) is 9.24. The predicted molar refractivity (Wildman–Crippen MR) is 105 cm³/mol. The molecule has 7 nitrogen and oxygen atoms in total. The van der Waals surface area contributed by atoms with Gasteiger partial charge < -0.3 is 14.6 Å². The van der Waals surface area contributed by atoms with Gasteiger partial charge in [0.1, 0.15) is 17.6 Å². The summed E-state index contributed by atoms with van der Waals surface area (Å²) in [4.78, 5) is 20.8. The minimum Gasteiger partial charge on any atom is -0.478 e. The Bertz CT molecular complexity index is 1150. The summed E-state index contributed by atoms with van der Waals surface area (Å²) in [6, 6.07) is 15.0. The monoisotopic (exact) mass is 444 g/mol. The molecule has 1 aliphatic rings. The molecule has 0 radical (unpaired) electrons. The summed E-state index contributed by atoms with van der Waals surface area (Å²) < 4.78 is 46.3. The van der Waals surface area contributed by atoms with Gasteiger partial charge in [-0.2, -0.15) is 0 Å². The Labute approximate surface area is 179 Å². The number of hydrogen-bond donors (Lipinski definition) is 2. The number of pyridine rings is 1. The molecule has 0 aliphatic carbocycles. The fourth-order valence-electron chi connectivity index (χ4n) is 2.96. The minimum absolute atomic E-state index is 0.158. The lowest BCUT2D eigenvalue weighted by atomic mass is 10.1. The Morgan fingerprint density at radius 1 is 1.06 bits per heavy atom. The SMILES string of the molecule is O=C(O)c1cccc(-c2ccc(OC3=C[C@@H](c4ccc(OC(F)(F)F)cc4)ON3)cn2)c1. The number of carbonyl (C=O) groups is 1. The summed E-state index contributed by atoms with van der Waals surface area (Å²) in [5.41, 5.74) is 4.58. The van der Waals surface area contributed by atoms with Gasteiger partial charge in [0.2, 0.25) is 5.88 Å². The number of hydroxylamine groups is 1. The van der Waals surface area contributed by atoms with Crippen molar-refractivity contribution in [1.29, 1.82) is 0 Å². The van der Waals surface area contributed by atoms with Gasteiger partial charge >= 0.3 is 12.3 Å². The van der Waals surface area contributed by atoms with Crippen LogP contribution in [0.5, 0.6) is 11.5 Å². The number of nitrogens with zero attached hydrogens (tertiary/aromatic N) is 1. The van der Waals surface area contributed by atoms with Crippen molar-refractivity contribution in [3.8, 4) is 22.8 Å². The van der Waals surface area contributed by atoms with Crippen molar-refractivity contribution in [3.63, 3.8) is 0 Å². The van der Waals surface area contributed by atoms with Crippen LogP contribution in [0.2, 0.25) is 0 Å². The molecule has 3 aromatic rings. The Morgan fingerprint density at radius 2 is 1.81 bits per heavy atom. The summed E-state index contributed by atoms with van der Waals surface area (Å²) in [5, 5.41) is 9.10. The van der Waals surface area contributed by atoms with Gasteiger partial charge in [-0.25, -0.2) is 10.3 Å². The fourth-order valence-corrected chi connectivity index (χ4v) is 2.96. The smallest absolute Gasteiger partial charge is 0.478 e. The van der Waals surface area contributed by atoms with Crippen LogP contribution in [0.4, 0.5) is 13.2 Å². The number of carboxylic acid groups (broad SMARTS) is 1. The number of aromatic carboxylic acids is 1. The highest BCUT2D eigenvalue weighted by molar-refractivity contribution is 5.89. The van der Waals surface area contributed by atoms with E-state index in [1.54, 1.807) is 30.3 Å². The van der Waals surface area contributed by atoms with E-state index in [-0.39, 0.29) is 17.2 Å². The average molecular weight is 444 g/mol. The van der Waals surface area contributed by atoms with Crippen LogP contribution in [0.15, 0.2) is 78.8 Å². The fraction of sp³-hybridized carbons (Fsp3) is 0.0909. The summed E-state index contributed by atoms with van der Waals surface area (Å²) in [5.74, 6) is -0.663. The van der Waals surface area contributed by atoms with Crippen LogP contribution in [-0.2, 0) is 4.84 Å². The van der Waals surface area contributed by atoms with Gasteiger partial charge in [-0.1, -0.05) is 24.3 Å². The van der Waals surface area contributed by atoms with Crippen LogP contribution in [0.1, 0.15) is 22.0 Å². The lowest BCUT2D eigenvalue weighted by molar-refractivity contribution is -0.274. The zero-order chi connectivity index (χ0) is 22.7. The molecule has 0 spiro atoms. The standard InChI is InChI=1S/C22H15F3N2O5/c23-22(24,25)31-16-6-4-13(5-7-16)19-11-20(27-32-19)30-17-8-9-18(26-12-17)14-2-1-3-15(10-14)21(28)29/h1-12,19,27H,(H,28,29)/t19-/m0/s1. The molecular weight excluding hydrogens is 429 g/mol. The highest BCUT2D eigenvalue weighted by Gasteiger charge is 2.31. The van der Waals surface area contributed by atoms with Crippen LogP contribution >= 0.6 is 0 Å². The van der Waals surface area contributed by atoms with E-state index in [2.05, 4.69) is 15.2 Å². The number of aromatic nitrogens is 1. The normalized spacial score (nSPS) is 15.6. The Morgan fingerprint density at radius 3 is 2.47 bits per heavy atom. The lowest BCUT2D eigenvalue weighted by Crippen LogP contribution is -2.17. The third kappa shape index (κ3) is 5.16. The van der Waals surface area contributed by atoms with E-state index in [1.807, 2.05) is 0 Å². The van der Waals surface area contributed by atoms with E-state index in [9.17, 15) is 18.0 Å². The molecule has 0 fully saturated rings. The number of benzene rings is 2. The molecule has 1 atom stereocenters. The minimum atomic E-state index is -4.75. The zero-order valence-corrected chi connectivity index (χ0v) is 16.2. The maximum Gasteiger partial charge on any atom is 0.573 e. The van der Waals surface area contributed by atoms with Crippen molar-refractivity contribution >= 4 is 5.97 Å². The predicted octanol–water partition coefficient (Wildman–Crippen LogP) is 4.84. The van der Waals surface area contributed by atoms with E-state index in [0.29, 0.717) is 22.6 Å². The molecule has 0 amide bonds. The first kappa shape index (κ1) is 21.2. The second kappa shape index (κ2) is 8.60. The molecule has 2 heterocycles. The Kier molecular flexibility index (Phi) is 5.69. The van der Waals surface area contributed by atoms with Gasteiger partial charge in [0, 0.05) is 11.6 Å². The van der Waals surface area contributed by atoms with Crippen molar-refractivity contribution in [3.05, 3.63) is 89.9 Å². The highest BCUT2D eigenvalue weighted by Crippen LogP contribution is 2.29. The Hall–Kier alpha value is -4.05. The molecular formula is C22H15F3N2O5. The molecule has 0 saturated heterocycles. The molecule has 32 heavy (non-hydrogen) atoms. The topological polar surface area (TPSA) is 89.9 Å². The lowest BCUT2D eigenvalue weighted by Gasteiger charge is -2.11. The molecule has 10 heteroatoms. The average Bonchev–Trinajstić information content (AvgIpc) is 3.22. The van der Waals surface area contributed by atoms with E-state index < -0.39 is 18.4 Å². The van der Waals surface area contributed by atoms with Crippen LogP contribution in [0.25, 0.3) is 11.3 Å². The molecule has 2 aromatic carbocycles. The van der Waals surface area contributed by atoms with Gasteiger partial charge in [0.15, 0.2) is 0 Å². The van der Waals surface area contributed by atoms with Gasteiger partial charge in [-0.15, -0.1) is 13.2 Å². The molecule has 2 N–H and O–H groups in total. The third-order valence-electron chi connectivity index (χ3n) is 4.40. The maximum atomic E-state index is 12.3. The number of hydrogen-bond acceptors (Lipinski definition) is 6. The zero-order valence-electron chi connectivity index (χ0n) is 16.2. The molecule has 164 valence electrons. The first-order valence-electron chi connectivity index (χ1n) is 9.24. The summed E-state index contributed by atoms with van der Waals surface area (Å²) >= 11 is 0. The third-order valence-corrected chi connectivity index (χ3v) is 4.40. The highest BCUT2D eigenvalue weighted by atomic mass is 19.4. The number of rotatable bonds is 6. The molecule has 0 bridgehead atoms. The van der Waals surface area contributed by atoms with Crippen LogP contribution in [0.3, 0.4) is 0 Å². The quantitative estimate of drug-likeness (QED) is 0.562. The molecule has 4 rings (SSSR count). The van der Waals surface area contributed by atoms with Crippen LogP contribution in [0, 0.1) is 0 Å². The van der Waals surface area contributed by atoms with E-state index in [1.165, 1.54) is 42.6 Å². The number of halogens is 3. The van der Waals surface area contributed by atoms with Crippen molar-refractivity contribution in [2.45, 2.75) is 12.5 Å². The van der Waals surface area contributed by atoms with Crippen molar-refractivity contribution in [2.75, 3.05) is 0 Å². The van der Waals surface area contributed by atoms with E-state index >= 15 is 0 Å². The second-order valence-electron chi connectivity index (χ2n) is 6.66. The molecule has 1 aliphatic heterocycles. The van der Waals surface area contributed by atoms with Crippen LogP contribution in [-0.4, -0.2) is 22.4 Å². The number of nitrogens with one attached hydrogen (secondary N) is 1. The van der Waals surface area contributed by atoms with Crippen LogP contribution < -0.4 is 15.0 Å². The first-order chi connectivity index (χ1) is 15.3. The van der Waals surface area contributed by atoms with E-state index in [4.69, 9.17) is 14.7 Å². The Balaban J connectivity index is 1.41. The van der Waals surface area contributed by atoms with Gasteiger partial charge in [-0.05, 0) is 42.0 Å². The summed E-state index contributed by atoms with van der Waals surface area (Å²) in [6.45, 7) is 0. The maximum absolute atomic E-state index is 12.3. The number of ether oxygens (including phenoxy) is 2. The van der Waals surface area contributed by atoms with Crippen molar-refractivity contribution in [2.24, 2.45) is 0 Å². The van der Waals surface area contributed by atoms with Gasteiger partial charge in [0.25, 0.3) is 0 Å². The van der Waals surface area contributed by atoms with Crippen molar-refractivity contribution in [1.82, 2.24) is 10.5 Å². The van der Waals surface area contributed by atoms with Gasteiger partial charge in [0.05, 0.1) is 17.5 Å². The number of carboxylic acids is 1. The molecule has 0 saturated carbocycles. The largest absolute Gasteiger partial charge is 0.573 e. The molecule has 1 aromatic heterocycles.